The second-order valence-corrected chi connectivity index (χ2v) is 7.34. The summed E-state index contributed by atoms with van der Waals surface area (Å²) in [7, 11) is 0. The van der Waals surface area contributed by atoms with Gasteiger partial charge in [-0.2, -0.15) is 5.10 Å². The van der Waals surface area contributed by atoms with Crippen LogP contribution in [0.5, 0.6) is 11.5 Å². The number of phenolic OH excluding ortho intramolecular Hbond substituents is 1. The summed E-state index contributed by atoms with van der Waals surface area (Å²) >= 11 is 0. The zero-order valence-corrected chi connectivity index (χ0v) is 16.9. The van der Waals surface area contributed by atoms with Crippen LogP contribution in [0.15, 0.2) is 66.7 Å². The van der Waals surface area contributed by atoms with Crippen molar-refractivity contribution in [3.8, 4) is 33.9 Å². The van der Waals surface area contributed by atoms with Gasteiger partial charge in [-0.1, -0.05) is 54.1 Å². The number of benzene rings is 3. The van der Waals surface area contributed by atoms with E-state index >= 15 is 0 Å². The molecular formula is C25H24N2O2. The first-order chi connectivity index (χ1) is 14.0. The van der Waals surface area contributed by atoms with Crippen LogP contribution in [0.3, 0.4) is 0 Å². The number of aryl methyl sites for hydroxylation is 3. The van der Waals surface area contributed by atoms with Gasteiger partial charge in [0.1, 0.15) is 23.8 Å². The van der Waals surface area contributed by atoms with Crippen LogP contribution in [-0.4, -0.2) is 15.3 Å². The van der Waals surface area contributed by atoms with Crippen molar-refractivity contribution in [1.82, 2.24) is 10.2 Å². The highest BCUT2D eigenvalue weighted by Crippen LogP contribution is 2.38. The molecule has 0 radical (unpaired) electrons. The van der Waals surface area contributed by atoms with Crippen LogP contribution in [0.1, 0.15) is 22.4 Å². The first-order valence-electron chi connectivity index (χ1n) is 9.65. The summed E-state index contributed by atoms with van der Waals surface area (Å²) in [5.41, 5.74) is 7.95. The van der Waals surface area contributed by atoms with Crippen molar-refractivity contribution in [3.63, 3.8) is 0 Å². The van der Waals surface area contributed by atoms with E-state index in [9.17, 15) is 5.11 Å². The number of hydrogen-bond donors (Lipinski definition) is 2. The average Bonchev–Trinajstić information content (AvgIpc) is 3.10. The van der Waals surface area contributed by atoms with Crippen molar-refractivity contribution in [1.29, 1.82) is 0 Å². The average molecular weight is 384 g/mol. The molecule has 146 valence electrons. The molecule has 3 aromatic carbocycles. The minimum Gasteiger partial charge on any atom is -0.507 e. The summed E-state index contributed by atoms with van der Waals surface area (Å²) in [5, 5.41) is 18.2. The van der Waals surface area contributed by atoms with Gasteiger partial charge in [0.25, 0.3) is 0 Å². The number of aromatic hydroxyl groups is 1. The van der Waals surface area contributed by atoms with Crippen LogP contribution in [0, 0.1) is 20.8 Å². The van der Waals surface area contributed by atoms with Crippen molar-refractivity contribution in [2.45, 2.75) is 27.4 Å². The largest absolute Gasteiger partial charge is 0.507 e. The van der Waals surface area contributed by atoms with Gasteiger partial charge in [-0.3, -0.25) is 5.10 Å². The molecular weight excluding hydrogens is 360 g/mol. The van der Waals surface area contributed by atoms with E-state index in [0.29, 0.717) is 17.9 Å². The summed E-state index contributed by atoms with van der Waals surface area (Å²) in [6.45, 7) is 6.59. The number of ether oxygens (including phenoxy) is 1. The Labute approximate surface area is 170 Å². The van der Waals surface area contributed by atoms with Gasteiger partial charge in [0.15, 0.2) is 0 Å². The fraction of sp³-hybridized carbons (Fsp3) is 0.160. The molecule has 0 saturated heterocycles. The van der Waals surface area contributed by atoms with Crippen molar-refractivity contribution in [2.75, 3.05) is 0 Å². The fourth-order valence-corrected chi connectivity index (χ4v) is 3.50. The number of aromatic amines is 1. The molecule has 0 aliphatic heterocycles. The van der Waals surface area contributed by atoms with Gasteiger partial charge in [-0.25, -0.2) is 0 Å². The molecule has 4 rings (SSSR count). The SMILES string of the molecule is Cc1ccc(C)c(COc2ccc(-c3n[nH]c(C)c3-c3ccccc3)c(O)c2)c1. The summed E-state index contributed by atoms with van der Waals surface area (Å²) in [6.07, 6.45) is 0. The predicted octanol–water partition coefficient (Wildman–Crippen LogP) is 5.95. The number of hydrogen-bond acceptors (Lipinski definition) is 3. The smallest absolute Gasteiger partial charge is 0.128 e. The number of aromatic nitrogens is 2. The van der Waals surface area contributed by atoms with Crippen molar-refractivity contribution >= 4 is 0 Å². The minimum atomic E-state index is 0.146. The first-order valence-corrected chi connectivity index (χ1v) is 9.65. The Morgan fingerprint density at radius 3 is 2.48 bits per heavy atom. The van der Waals surface area contributed by atoms with Gasteiger partial charge in [0, 0.05) is 22.9 Å². The van der Waals surface area contributed by atoms with Crippen LogP contribution in [-0.2, 0) is 6.61 Å². The predicted molar refractivity (Wildman–Crippen MR) is 116 cm³/mol. The summed E-state index contributed by atoms with van der Waals surface area (Å²) in [4.78, 5) is 0. The Hall–Kier alpha value is -3.53. The quantitative estimate of drug-likeness (QED) is 0.447. The zero-order chi connectivity index (χ0) is 20.4. The molecule has 4 aromatic rings. The number of rotatable bonds is 5. The number of nitrogens with one attached hydrogen (secondary N) is 1. The molecule has 0 spiro atoms. The Balaban J connectivity index is 1.61. The molecule has 0 fully saturated rings. The van der Waals surface area contributed by atoms with E-state index in [1.807, 2.05) is 49.4 Å². The lowest BCUT2D eigenvalue weighted by atomic mass is 9.99. The van der Waals surface area contributed by atoms with E-state index < -0.39 is 0 Å². The van der Waals surface area contributed by atoms with Gasteiger partial charge in [0.2, 0.25) is 0 Å². The summed E-state index contributed by atoms with van der Waals surface area (Å²) in [6, 6.07) is 21.8. The Kier molecular flexibility index (Phi) is 5.09. The molecule has 29 heavy (non-hydrogen) atoms. The van der Waals surface area contributed by atoms with Crippen LogP contribution < -0.4 is 4.74 Å². The maximum atomic E-state index is 10.7. The van der Waals surface area contributed by atoms with Gasteiger partial charge < -0.3 is 9.84 Å². The number of phenols is 1. The lowest BCUT2D eigenvalue weighted by Gasteiger charge is -2.12. The molecule has 0 aliphatic carbocycles. The highest BCUT2D eigenvalue weighted by Gasteiger charge is 2.17. The van der Waals surface area contributed by atoms with E-state index in [1.54, 1.807) is 6.07 Å². The van der Waals surface area contributed by atoms with Crippen LogP contribution >= 0.6 is 0 Å². The Bertz CT molecular complexity index is 1150. The zero-order valence-electron chi connectivity index (χ0n) is 16.9. The third-order valence-electron chi connectivity index (χ3n) is 5.13. The van der Waals surface area contributed by atoms with E-state index in [1.165, 1.54) is 11.1 Å². The maximum absolute atomic E-state index is 10.7. The summed E-state index contributed by atoms with van der Waals surface area (Å²) in [5.74, 6) is 0.771. The lowest BCUT2D eigenvalue weighted by molar-refractivity contribution is 0.303. The highest BCUT2D eigenvalue weighted by molar-refractivity contribution is 5.85. The van der Waals surface area contributed by atoms with Gasteiger partial charge >= 0.3 is 0 Å². The third-order valence-corrected chi connectivity index (χ3v) is 5.13. The molecule has 4 nitrogen and oxygen atoms in total. The second kappa shape index (κ2) is 7.84. The number of nitrogens with zero attached hydrogens (tertiary/aromatic N) is 1. The van der Waals surface area contributed by atoms with E-state index in [-0.39, 0.29) is 5.75 Å². The fourth-order valence-electron chi connectivity index (χ4n) is 3.50. The molecule has 0 saturated carbocycles. The monoisotopic (exact) mass is 384 g/mol. The van der Waals surface area contributed by atoms with Crippen molar-refractivity contribution in [2.24, 2.45) is 0 Å². The lowest BCUT2D eigenvalue weighted by Crippen LogP contribution is -1.98. The topological polar surface area (TPSA) is 58.1 Å². The summed E-state index contributed by atoms with van der Waals surface area (Å²) < 4.78 is 5.93. The maximum Gasteiger partial charge on any atom is 0.128 e. The molecule has 0 amide bonds. The Morgan fingerprint density at radius 1 is 0.931 bits per heavy atom. The molecule has 0 aliphatic rings. The normalized spacial score (nSPS) is 10.9. The van der Waals surface area contributed by atoms with Crippen LogP contribution in [0.4, 0.5) is 0 Å². The second-order valence-electron chi connectivity index (χ2n) is 7.34. The molecule has 0 unspecified atom stereocenters. The van der Waals surface area contributed by atoms with Gasteiger partial charge in [0.05, 0.1) is 0 Å². The van der Waals surface area contributed by atoms with Crippen molar-refractivity contribution < 1.29 is 9.84 Å². The standard InChI is InChI=1S/C25H24N2O2/c1-16-9-10-17(2)20(13-16)15-29-21-11-12-22(23(28)14-21)25-24(18(3)26-27-25)19-7-5-4-6-8-19/h4-14,28H,15H2,1-3H3,(H,26,27). The Morgan fingerprint density at radius 2 is 1.72 bits per heavy atom. The molecule has 1 heterocycles. The minimum absolute atomic E-state index is 0.146. The molecule has 2 N–H and O–H groups in total. The van der Waals surface area contributed by atoms with Gasteiger partial charge in [-0.15, -0.1) is 0 Å². The first kappa shape index (κ1) is 18.8. The van der Waals surface area contributed by atoms with Crippen LogP contribution in [0.2, 0.25) is 0 Å². The molecule has 1 aromatic heterocycles. The van der Waals surface area contributed by atoms with Crippen LogP contribution in [0.25, 0.3) is 22.4 Å². The highest BCUT2D eigenvalue weighted by atomic mass is 16.5. The third kappa shape index (κ3) is 3.87. The van der Waals surface area contributed by atoms with Gasteiger partial charge in [-0.05, 0) is 49.6 Å². The number of H-pyrrole nitrogens is 1. The van der Waals surface area contributed by atoms with E-state index in [0.717, 1.165) is 28.1 Å². The molecule has 0 atom stereocenters. The molecule has 0 bridgehead atoms. The molecule has 4 heteroatoms. The van der Waals surface area contributed by atoms with Crippen molar-refractivity contribution in [3.05, 3.63) is 89.1 Å². The van der Waals surface area contributed by atoms with E-state index in [4.69, 9.17) is 4.74 Å². The van der Waals surface area contributed by atoms with E-state index in [2.05, 4.69) is 42.2 Å².